The minimum atomic E-state index is -4.14. The lowest BCUT2D eigenvalue weighted by atomic mass is 9.86. The average Bonchev–Trinajstić information content (AvgIpc) is 3.85. The molecule has 3 saturated heterocycles. The lowest BCUT2D eigenvalue weighted by Crippen LogP contribution is -2.48. The van der Waals surface area contributed by atoms with Crippen LogP contribution in [0.25, 0.3) is 22.3 Å². The average molecular weight is 753 g/mol. The molecule has 0 aliphatic carbocycles. The third kappa shape index (κ3) is 5.84. The van der Waals surface area contributed by atoms with Crippen molar-refractivity contribution < 1.29 is 36.7 Å². The number of anilines is 2. The van der Waals surface area contributed by atoms with E-state index < -0.39 is 62.1 Å². The highest BCUT2D eigenvalue weighted by Crippen LogP contribution is 2.63. The Balaban J connectivity index is 1.27. The van der Waals surface area contributed by atoms with Gasteiger partial charge in [0, 0.05) is 18.5 Å². The van der Waals surface area contributed by atoms with Crippen LogP contribution in [-0.4, -0.2) is 82.3 Å². The van der Waals surface area contributed by atoms with Crippen molar-refractivity contribution in [2.45, 2.75) is 89.2 Å². The number of imidazole rings is 2. The molecule has 1 unspecified atom stereocenters. The summed E-state index contributed by atoms with van der Waals surface area (Å²) in [5.41, 5.74) is 11.4. The number of rotatable bonds is 6. The molecule has 21 heteroatoms. The number of aromatic nitrogens is 8. The highest BCUT2D eigenvalue weighted by molar-refractivity contribution is 8.44. The number of hydrogen-bond donors (Lipinski definition) is 3. The van der Waals surface area contributed by atoms with Crippen LogP contribution in [0.1, 0.15) is 65.8 Å². The van der Waals surface area contributed by atoms with Crippen LogP contribution < -0.4 is 11.5 Å². The summed E-state index contributed by atoms with van der Waals surface area (Å²) in [6, 6.07) is 0. The zero-order valence-corrected chi connectivity index (χ0v) is 31.0. The molecule has 3 aliphatic rings. The topological polar surface area (TPSA) is 229 Å². The number of nitrogen functional groups attached to an aromatic ring is 2. The molecule has 0 radical (unpaired) electrons. The minimum absolute atomic E-state index is 0.220. The minimum Gasteiger partial charge on any atom is -0.382 e. The highest BCUT2D eigenvalue weighted by Gasteiger charge is 2.61. The van der Waals surface area contributed by atoms with Gasteiger partial charge in [0.15, 0.2) is 22.9 Å². The first kappa shape index (κ1) is 35.7. The molecule has 0 amide bonds. The summed E-state index contributed by atoms with van der Waals surface area (Å²) in [5, 5.41) is 0. The fraction of sp³-hybridized carbons (Fsp3) is 0.655. The van der Waals surface area contributed by atoms with Gasteiger partial charge >= 0.3 is 14.4 Å². The van der Waals surface area contributed by atoms with Crippen LogP contribution in [0, 0.1) is 11.8 Å². The zero-order valence-electron chi connectivity index (χ0n) is 28.4. The van der Waals surface area contributed by atoms with Gasteiger partial charge in [-0.1, -0.05) is 39.9 Å². The maximum absolute atomic E-state index is 14.4. The molecule has 7 heterocycles. The quantitative estimate of drug-likeness (QED) is 0.175. The number of hydrogen-bond acceptors (Lipinski definition) is 16. The number of fused-ring (bicyclic) bond motifs is 4. The van der Waals surface area contributed by atoms with Crippen LogP contribution in [0.3, 0.4) is 0 Å². The lowest BCUT2D eigenvalue weighted by molar-refractivity contribution is -0.137. The number of ether oxygens (including phenoxy) is 2. The molecule has 3 aliphatic heterocycles. The highest BCUT2D eigenvalue weighted by atomic mass is 32.7. The van der Waals surface area contributed by atoms with Crippen LogP contribution in [0.4, 0.5) is 11.6 Å². The van der Waals surface area contributed by atoms with E-state index in [0.717, 1.165) is 0 Å². The summed E-state index contributed by atoms with van der Waals surface area (Å²) in [6.07, 6.45) is 4.40. The van der Waals surface area contributed by atoms with E-state index >= 15 is 0 Å². The van der Waals surface area contributed by atoms with E-state index in [1.54, 1.807) is 21.8 Å². The summed E-state index contributed by atoms with van der Waals surface area (Å²) in [4.78, 5) is 25.7. The third-order valence-electron chi connectivity index (χ3n) is 10.3. The molecule has 7 rings (SSSR count). The smallest absolute Gasteiger partial charge is 0.382 e. The van der Waals surface area contributed by atoms with E-state index in [9.17, 15) is 9.13 Å². The number of thiol groups is 1. The molecule has 272 valence electrons. The first-order valence-electron chi connectivity index (χ1n) is 16.6. The van der Waals surface area contributed by atoms with Gasteiger partial charge in [-0.2, -0.15) is 0 Å². The van der Waals surface area contributed by atoms with Gasteiger partial charge in [-0.3, -0.25) is 22.7 Å². The van der Waals surface area contributed by atoms with Gasteiger partial charge in [0.05, 0.1) is 25.9 Å². The van der Waals surface area contributed by atoms with Crippen molar-refractivity contribution in [1.29, 1.82) is 0 Å². The third-order valence-corrected chi connectivity index (χ3v) is 13.1. The molecule has 4 aromatic heterocycles. The van der Waals surface area contributed by atoms with E-state index in [2.05, 4.69) is 42.2 Å². The maximum atomic E-state index is 14.4. The van der Waals surface area contributed by atoms with Crippen molar-refractivity contribution in [2.75, 3.05) is 31.3 Å². The van der Waals surface area contributed by atoms with Gasteiger partial charge in [-0.15, -0.1) is 0 Å². The van der Waals surface area contributed by atoms with Crippen molar-refractivity contribution in [3.05, 3.63) is 25.3 Å². The maximum Gasteiger partial charge on any atom is 0.386 e. The van der Waals surface area contributed by atoms with Gasteiger partial charge in [0.1, 0.15) is 59.6 Å². The Kier molecular flexibility index (Phi) is 9.30. The molecule has 50 heavy (non-hydrogen) atoms. The van der Waals surface area contributed by atoms with Crippen LogP contribution in [0.15, 0.2) is 25.3 Å². The van der Waals surface area contributed by atoms with Crippen LogP contribution in [0.5, 0.6) is 0 Å². The predicted octanol–water partition coefficient (Wildman–Crippen LogP) is 4.92. The molecule has 0 bridgehead atoms. The van der Waals surface area contributed by atoms with Crippen molar-refractivity contribution in [1.82, 2.24) is 39.0 Å². The fourth-order valence-corrected chi connectivity index (χ4v) is 10.4. The summed E-state index contributed by atoms with van der Waals surface area (Å²) in [7, 11) is -3.85. The van der Waals surface area contributed by atoms with E-state index in [4.69, 9.17) is 39.0 Å². The predicted molar refractivity (Wildman–Crippen MR) is 185 cm³/mol. The molecule has 4 N–H and O–H groups in total. The molecular weight excluding hydrogens is 710 g/mol. The van der Waals surface area contributed by atoms with E-state index in [1.807, 2.05) is 27.7 Å². The summed E-state index contributed by atoms with van der Waals surface area (Å²) >= 11 is 4.48. The Labute approximate surface area is 293 Å². The summed E-state index contributed by atoms with van der Waals surface area (Å²) in [5.74, 6) is -0.387. The van der Waals surface area contributed by atoms with E-state index in [1.165, 1.54) is 19.3 Å². The Hall–Kier alpha value is -2.73. The largest absolute Gasteiger partial charge is 0.386 e. The second kappa shape index (κ2) is 13.0. The number of nitrogens with zero attached hydrogens (tertiary/aromatic N) is 8. The second-order valence-corrected chi connectivity index (χ2v) is 17.9. The summed E-state index contributed by atoms with van der Waals surface area (Å²) in [6.45, 7) is 4.50. The van der Waals surface area contributed by atoms with Gasteiger partial charge in [-0.05, 0) is 25.7 Å². The monoisotopic (exact) mass is 752 g/mol. The fourth-order valence-electron chi connectivity index (χ4n) is 7.52. The molecule has 0 aromatic carbocycles. The lowest BCUT2D eigenvalue weighted by Gasteiger charge is -2.39. The van der Waals surface area contributed by atoms with Gasteiger partial charge in [0.2, 0.25) is 0 Å². The zero-order chi connectivity index (χ0) is 35.6. The standard InChI is InChI=1S/C29H42N10O8P2S/c1-6-16-20-29(9-4,45-26(16)38-14-36-18-22(30)32-12-34-24(18)38)11-43-49(41,50)47-21-17(7-2)27(39-15-37-19-23(31)33-13-35-25(19)39)44-28(21,8-3)10-42-48(5,40)46-20/h12-17,20-21,26-27H,6-11H2,1-5H3,(H,41,50)(H2,30,32,34)(H2,31,33,35)/t16-,17-,20+,21+,26-,27-,28-,29-,48?,49-/m1/s1. The molecule has 0 spiro atoms. The molecular formula is C29H42N10O8P2S. The van der Waals surface area contributed by atoms with Gasteiger partial charge in [0.25, 0.3) is 0 Å². The van der Waals surface area contributed by atoms with Crippen molar-refractivity contribution in [2.24, 2.45) is 11.8 Å². The number of nitrogens with two attached hydrogens (primary N) is 2. The molecule has 0 saturated carbocycles. The Morgan fingerprint density at radius 2 is 1.22 bits per heavy atom. The Bertz CT molecular complexity index is 1860. The second-order valence-electron chi connectivity index (χ2n) is 13.0. The van der Waals surface area contributed by atoms with E-state index in [0.29, 0.717) is 48.0 Å². The Morgan fingerprint density at radius 1 is 0.760 bits per heavy atom. The first-order valence-corrected chi connectivity index (χ1v) is 21.3. The first-order chi connectivity index (χ1) is 23.8. The van der Waals surface area contributed by atoms with Gasteiger partial charge in [-0.25, -0.2) is 34.5 Å². The van der Waals surface area contributed by atoms with Crippen LogP contribution >= 0.6 is 26.6 Å². The molecule has 3 fully saturated rings. The molecule has 10 atom stereocenters. The van der Waals surface area contributed by atoms with Crippen molar-refractivity contribution in [3.8, 4) is 0 Å². The Morgan fingerprint density at radius 3 is 1.68 bits per heavy atom. The van der Waals surface area contributed by atoms with E-state index in [-0.39, 0.29) is 24.8 Å². The van der Waals surface area contributed by atoms with Crippen molar-refractivity contribution >= 4 is 60.6 Å². The SMILES string of the molecule is CC[C@H]1[C@H](n2cnc3c(N)ncnc32)O[C@]2(CC)CO[P@@](=O)(S)O[C@H]3[C@@H](CC)[C@H](n4cnc5c(N)ncnc54)O[C@]3(CC)COP(C)(=O)O[C@@H]12. The normalized spacial score (nSPS) is 38.1. The van der Waals surface area contributed by atoms with Crippen LogP contribution in [-0.2, 0) is 36.7 Å². The van der Waals surface area contributed by atoms with Crippen molar-refractivity contribution in [3.63, 3.8) is 0 Å². The van der Waals surface area contributed by atoms with Crippen LogP contribution in [0.2, 0.25) is 0 Å². The summed E-state index contributed by atoms with van der Waals surface area (Å²) < 4.78 is 71.1. The molecule has 4 aromatic rings. The molecule has 18 nitrogen and oxygen atoms in total. The van der Waals surface area contributed by atoms with Gasteiger partial charge < -0.3 is 30.0 Å².